The molecule has 1 saturated heterocycles. The molecule has 3 heteroatoms. The number of nitrogens with zero attached hydrogens (tertiary/aromatic N) is 1. The molecule has 2 nitrogen and oxygen atoms in total. The average molecular weight is 228 g/mol. The Morgan fingerprint density at radius 2 is 2.20 bits per heavy atom. The highest BCUT2D eigenvalue weighted by Gasteiger charge is 2.09. The molecule has 0 aliphatic carbocycles. The lowest BCUT2D eigenvalue weighted by Gasteiger charge is -2.21. The lowest BCUT2D eigenvalue weighted by atomic mass is 10.2. The maximum atomic E-state index is 4.14. The summed E-state index contributed by atoms with van der Waals surface area (Å²) in [5, 5.41) is 3.42. The molecule has 0 unspecified atom stereocenters. The molecule has 1 fully saturated rings. The molecule has 0 aromatic rings. The second-order valence-electron chi connectivity index (χ2n) is 4.53. The Morgan fingerprint density at radius 3 is 2.93 bits per heavy atom. The third-order valence-electron chi connectivity index (χ3n) is 2.52. The van der Waals surface area contributed by atoms with E-state index in [1.54, 1.807) is 0 Å². The van der Waals surface area contributed by atoms with Crippen LogP contribution < -0.4 is 5.32 Å². The molecule has 1 N–H and O–H groups in total. The van der Waals surface area contributed by atoms with Crippen molar-refractivity contribution in [3.63, 3.8) is 0 Å². The molecule has 0 saturated carbocycles. The zero-order valence-corrected chi connectivity index (χ0v) is 10.9. The minimum atomic E-state index is 0.557. The molecule has 1 heterocycles. The first-order valence-electron chi connectivity index (χ1n) is 5.88. The Hall–Kier alpha value is 0.0100. The first kappa shape index (κ1) is 13.1. The van der Waals surface area contributed by atoms with Crippen LogP contribution in [0.25, 0.3) is 0 Å². The van der Waals surface area contributed by atoms with Crippen LogP contribution in [0.1, 0.15) is 20.3 Å². The summed E-state index contributed by atoms with van der Waals surface area (Å²) in [6.07, 6.45) is 1.33. The van der Waals surface area contributed by atoms with Gasteiger partial charge in [-0.15, -0.1) is 0 Å². The molecule has 0 spiro atoms. The van der Waals surface area contributed by atoms with Gasteiger partial charge in [0.25, 0.3) is 0 Å². The number of hydrogen-bond donors (Lipinski definition) is 1. The first-order chi connectivity index (χ1) is 7.18. The minimum absolute atomic E-state index is 0.557. The van der Waals surface area contributed by atoms with E-state index in [0.717, 1.165) is 13.1 Å². The second-order valence-corrected chi connectivity index (χ2v) is 5.75. The number of thioether (sulfide) groups is 1. The van der Waals surface area contributed by atoms with Crippen molar-refractivity contribution in [1.29, 1.82) is 0 Å². The van der Waals surface area contributed by atoms with Gasteiger partial charge in [0.1, 0.15) is 0 Å². The van der Waals surface area contributed by atoms with Crippen molar-refractivity contribution in [2.24, 2.45) is 0 Å². The van der Waals surface area contributed by atoms with E-state index in [-0.39, 0.29) is 0 Å². The summed E-state index contributed by atoms with van der Waals surface area (Å²) in [6, 6.07) is 0.557. The van der Waals surface area contributed by atoms with Crippen LogP contribution in [-0.2, 0) is 0 Å². The van der Waals surface area contributed by atoms with E-state index in [1.165, 1.54) is 36.6 Å². The number of rotatable bonds is 5. The van der Waals surface area contributed by atoms with Crippen LogP contribution in [0.4, 0.5) is 0 Å². The van der Waals surface area contributed by atoms with Gasteiger partial charge in [-0.3, -0.25) is 4.90 Å². The monoisotopic (exact) mass is 228 g/mol. The molecule has 88 valence electrons. The molecular weight excluding hydrogens is 204 g/mol. The molecule has 0 amide bonds. The van der Waals surface area contributed by atoms with Gasteiger partial charge in [0.05, 0.1) is 0 Å². The molecule has 0 atom stereocenters. The van der Waals surface area contributed by atoms with Crippen molar-refractivity contribution in [2.75, 3.05) is 37.7 Å². The van der Waals surface area contributed by atoms with Gasteiger partial charge in [-0.1, -0.05) is 20.4 Å². The lowest BCUT2D eigenvalue weighted by Crippen LogP contribution is -2.32. The Morgan fingerprint density at radius 1 is 1.40 bits per heavy atom. The van der Waals surface area contributed by atoms with E-state index in [4.69, 9.17) is 0 Å². The van der Waals surface area contributed by atoms with Crippen LogP contribution in [0.2, 0.25) is 0 Å². The third-order valence-corrected chi connectivity index (χ3v) is 3.57. The molecule has 0 aromatic heterocycles. The van der Waals surface area contributed by atoms with Crippen LogP contribution in [0.5, 0.6) is 0 Å². The van der Waals surface area contributed by atoms with Gasteiger partial charge in [0.15, 0.2) is 0 Å². The molecule has 1 aliphatic rings. The molecule has 0 aromatic carbocycles. The Balaban J connectivity index is 2.17. The predicted octanol–water partition coefficient (Wildman–Crippen LogP) is 1.98. The number of hydrogen-bond acceptors (Lipinski definition) is 3. The lowest BCUT2D eigenvalue weighted by molar-refractivity contribution is 0.317. The third kappa shape index (κ3) is 6.23. The summed E-state index contributed by atoms with van der Waals surface area (Å²) in [5.74, 6) is 2.61. The molecular formula is C12H24N2S. The van der Waals surface area contributed by atoms with E-state index < -0.39 is 0 Å². The van der Waals surface area contributed by atoms with Gasteiger partial charge < -0.3 is 5.32 Å². The Kier molecular flexibility index (Phi) is 6.37. The quantitative estimate of drug-likeness (QED) is 0.724. The summed E-state index contributed by atoms with van der Waals surface area (Å²) in [7, 11) is 0. The predicted molar refractivity (Wildman–Crippen MR) is 70.7 cm³/mol. The normalized spacial score (nSPS) is 19.1. The summed E-state index contributed by atoms with van der Waals surface area (Å²) >= 11 is 2.08. The van der Waals surface area contributed by atoms with Crippen molar-refractivity contribution in [2.45, 2.75) is 26.3 Å². The Labute approximate surface area is 98.5 Å². The second kappa shape index (κ2) is 7.31. The highest BCUT2D eigenvalue weighted by Crippen LogP contribution is 2.10. The molecule has 15 heavy (non-hydrogen) atoms. The summed E-state index contributed by atoms with van der Waals surface area (Å²) in [5.41, 5.74) is 1.32. The molecule has 0 radical (unpaired) electrons. The molecule has 1 aliphatic heterocycles. The SMILES string of the molecule is C=C(CNC(C)C)CN1CCCSCC1. The fraction of sp³-hybridized carbons (Fsp3) is 0.833. The average Bonchev–Trinajstić information content (AvgIpc) is 2.43. The maximum Gasteiger partial charge on any atom is 0.0203 e. The summed E-state index contributed by atoms with van der Waals surface area (Å²) < 4.78 is 0. The van der Waals surface area contributed by atoms with E-state index in [9.17, 15) is 0 Å². The van der Waals surface area contributed by atoms with Crippen molar-refractivity contribution in [3.05, 3.63) is 12.2 Å². The van der Waals surface area contributed by atoms with Gasteiger partial charge in [0.2, 0.25) is 0 Å². The maximum absolute atomic E-state index is 4.14. The van der Waals surface area contributed by atoms with Gasteiger partial charge in [-0.05, 0) is 24.3 Å². The van der Waals surface area contributed by atoms with E-state index in [2.05, 4.69) is 42.4 Å². The van der Waals surface area contributed by atoms with Crippen molar-refractivity contribution < 1.29 is 0 Å². The van der Waals surface area contributed by atoms with Crippen molar-refractivity contribution in [1.82, 2.24) is 10.2 Å². The minimum Gasteiger partial charge on any atom is -0.311 e. The van der Waals surface area contributed by atoms with Crippen LogP contribution in [-0.4, -0.2) is 48.6 Å². The largest absolute Gasteiger partial charge is 0.311 e. The van der Waals surface area contributed by atoms with E-state index in [0.29, 0.717) is 6.04 Å². The van der Waals surface area contributed by atoms with Crippen LogP contribution in [0, 0.1) is 0 Å². The number of nitrogens with one attached hydrogen (secondary N) is 1. The summed E-state index contributed by atoms with van der Waals surface area (Å²) in [6.45, 7) is 13.0. The van der Waals surface area contributed by atoms with Crippen LogP contribution >= 0.6 is 11.8 Å². The van der Waals surface area contributed by atoms with Crippen molar-refractivity contribution >= 4 is 11.8 Å². The summed E-state index contributed by atoms with van der Waals surface area (Å²) in [4.78, 5) is 2.53. The standard InChI is InChI=1S/C12H24N2S/c1-11(2)13-9-12(3)10-14-5-4-7-15-8-6-14/h11,13H,3-10H2,1-2H3. The topological polar surface area (TPSA) is 15.3 Å². The molecule has 0 bridgehead atoms. The zero-order chi connectivity index (χ0) is 11.1. The van der Waals surface area contributed by atoms with Gasteiger partial charge in [-0.2, -0.15) is 11.8 Å². The molecule has 1 rings (SSSR count). The highest BCUT2D eigenvalue weighted by molar-refractivity contribution is 7.99. The fourth-order valence-corrected chi connectivity index (χ4v) is 2.60. The Bertz CT molecular complexity index is 184. The van der Waals surface area contributed by atoms with E-state index in [1.807, 2.05) is 0 Å². The first-order valence-corrected chi connectivity index (χ1v) is 7.04. The van der Waals surface area contributed by atoms with Gasteiger partial charge >= 0.3 is 0 Å². The van der Waals surface area contributed by atoms with Gasteiger partial charge in [-0.25, -0.2) is 0 Å². The fourth-order valence-electron chi connectivity index (χ4n) is 1.68. The van der Waals surface area contributed by atoms with E-state index >= 15 is 0 Å². The zero-order valence-electron chi connectivity index (χ0n) is 10.1. The highest BCUT2D eigenvalue weighted by atomic mass is 32.2. The van der Waals surface area contributed by atoms with Crippen molar-refractivity contribution in [3.8, 4) is 0 Å². The smallest absolute Gasteiger partial charge is 0.0203 e. The van der Waals surface area contributed by atoms with Gasteiger partial charge in [0, 0.05) is 31.4 Å². The van der Waals surface area contributed by atoms with Crippen LogP contribution in [0.3, 0.4) is 0 Å². The van der Waals surface area contributed by atoms with Crippen LogP contribution in [0.15, 0.2) is 12.2 Å².